The summed E-state index contributed by atoms with van der Waals surface area (Å²) in [6.07, 6.45) is 2.36. The van der Waals surface area contributed by atoms with Gasteiger partial charge in [0, 0.05) is 29.1 Å². The van der Waals surface area contributed by atoms with Crippen LogP contribution >= 0.6 is 0 Å². The number of carbonyl (C=O) groups excluding carboxylic acids is 1. The van der Waals surface area contributed by atoms with Crippen molar-refractivity contribution in [2.24, 2.45) is 0 Å². The third-order valence-corrected chi connectivity index (χ3v) is 4.27. The maximum Gasteiger partial charge on any atom is 0.253 e. The number of carbonyl (C=O) groups is 1. The number of hydrogen-bond acceptors (Lipinski definition) is 4. The molecular formula is C19H23N5O. The maximum absolute atomic E-state index is 12.2. The fraction of sp³-hybridized carbons (Fsp3) is 0.368. The van der Waals surface area contributed by atoms with Gasteiger partial charge in [0.1, 0.15) is 0 Å². The Morgan fingerprint density at radius 3 is 2.64 bits per heavy atom. The van der Waals surface area contributed by atoms with Crippen molar-refractivity contribution in [1.29, 1.82) is 0 Å². The minimum atomic E-state index is 0.0178. The Balaban J connectivity index is 1.91. The summed E-state index contributed by atoms with van der Waals surface area (Å²) in [7, 11) is 0. The van der Waals surface area contributed by atoms with Gasteiger partial charge in [-0.15, -0.1) is 5.10 Å². The van der Waals surface area contributed by atoms with Crippen molar-refractivity contribution >= 4 is 11.7 Å². The summed E-state index contributed by atoms with van der Waals surface area (Å²) >= 11 is 0. The number of rotatable bonds is 6. The number of aryl methyl sites for hydroxylation is 2. The highest BCUT2D eigenvalue weighted by Gasteiger charge is 2.16. The topological polar surface area (TPSA) is 72.2 Å². The maximum atomic E-state index is 12.2. The van der Waals surface area contributed by atoms with Gasteiger partial charge in [-0.2, -0.15) is 4.98 Å². The third-order valence-electron chi connectivity index (χ3n) is 4.27. The first-order chi connectivity index (χ1) is 12.1. The molecular weight excluding hydrogens is 314 g/mol. The summed E-state index contributed by atoms with van der Waals surface area (Å²) in [5.41, 5.74) is 3.58. The lowest BCUT2D eigenvalue weighted by atomic mass is 10.1. The van der Waals surface area contributed by atoms with E-state index in [9.17, 15) is 4.79 Å². The lowest BCUT2D eigenvalue weighted by Gasteiger charge is -2.10. The van der Waals surface area contributed by atoms with E-state index in [2.05, 4.69) is 27.3 Å². The number of aromatic nitrogens is 4. The van der Waals surface area contributed by atoms with Gasteiger partial charge in [0.15, 0.2) is 5.82 Å². The van der Waals surface area contributed by atoms with Crippen LogP contribution in [0.15, 0.2) is 30.3 Å². The molecule has 25 heavy (non-hydrogen) atoms. The molecule has 0 aliphatic carbocycles. The van der Waals surface area contributed by atoms with Crippen LogP contribution in [0.2, 0.25) is 0 Å². The van der Waals surface area contributed by atoms with Crippen molar-refractivity contribution in [3.05, 3.63) is 47.3 Å². The van der Waals surface area contributed by atoms with Crippen LogP contribution in [0, 0.1) is 13.8 Å². The molecule has 0 spiro atoms. The fourth-order valence-corrected chi connectivity index (χ4v) is 2.80. The van der Waals surface area contributed by atoms with Crippen LogP contribution in [0.4, 0.5) is 0 Å². The van der Waals surface area contributed by atoms with E-state index in [-0.39, 0.29) is 5.91 Å². The summed E-state index contributed by atoms with van der Waals surface area (Å²) in [6.45, 7) is 6.69. The lowest BCUT2D eigenvalue weighted by Crippen LogP contribution is -2.27. The first-order valence-electron chi connectivity index (χ1n) is 8.65. The predicted octanol–water partition coefficient (Wildman–Crippen LogP) is 2.87. The highest BCUT2D eigenvalue weighted by atomic mass is 16.1. The van der Waals surface area contributed by atoms with Gasteiger partial charge in [-0.3, -0.25) is 4.79 Å². The number of amides is 1. The Bertz CT molecular complexity index is 886. The van der Waals surface area contributed by atoms with E-state index in [1.165, 1.54) is 0 Å². The molecule has 0 atom stereocenters. The van der Waals surface area contributed by atoms with Crippen LogP contribution in [0.1, 0.15) is 36.7 Å². The molecule has 3 aromatic rings. The minimum Gasteiger partial charge on any atom is -0.356 e. The first kappa shape index (κ1) is 17.1. The molecule has 130 valence electrons. The molecule has 3 rings (SSSR count). The van der Waals surface area contributed by atoms with E-state index < -0.39 is 0 Å². The van der Waals surface area contributed by atoms with Crippen molar-refractivity contribution in [2.45, 2.75) is 40.0 Å². The quantitative estimate of drug-likeness (QED) is 0.702. The van der Waals surface area contributed by atoms with Crippen LogP contribution in [0.5, 0.6) is 0 Å². The zero-order chi connectivity index (χ0) is 17.8. The standard InChI is InChI=1S/C19H23N5O/c1-4-5-11-20-17(25)12-16-13(2)21-19-22-18(23-24(19)14(16)3)15-9-7-6-8-10-15/h6-10H,4-5,11-12H2,1-3H3,(H,20,25). The number of unbranched alkanes of at least 4 members (excludes halogenated alkanes) is 1. The summed E-state index contributed by atoms with van der Waals surface area (Å²) in [5, 5.41) is 7.53. The smallest absolute Gasteiger partial charge is 0.253 e. The van der Waals surface area contributed by atoms with Crippen LogP contribution in [0.3, 0.4) is 0 Å². The Morgan fingerprint density at radius 1 is 1.16 bits per heavy atom. The zero-order valence-electron chi connectivity index (χ0n) is 14.9. The van der Waals surface area contributed by atoms with Gasteiger partial charge in [0.25, 0.3) is 5.78 Å². The Hall–Kier alpha value is -2.76. The summed E-state index contributed by atoms with van der Waals surface area (Å²) in [5.74, 6) is 1.22. The Morgan fingerprint density at radius 2 is 1.92 bits per heavy atom. The molecule has 2 aromatic heterocycles. The average Bonchev–Trinajstić information content (AvgIpc) is 3.04. The van der Waals surface area contributed by atoms with E-state index >= 15 is 0 Å². The molecule has 6 heteroatoms. The highest BCUT2D eigenvalue weighted by molar-refractivity contribution is 5.79. The van der Waals surface area contributed by atoms with E-state index in [1.807, 2.05) is 44.2 Å². The highest BCUT2D eigenvalue weighted by Crippen LogP contribution is 2.19. The van der Waals surface area contributed by atoms with Crippen molar-refractivity contribution in [2.75, 3.05) is 6.54 Å². The Kier molecular flexibility index (Phi) is 5.07. The van der Waals surface area contributed by atoms with Crippen LogP contribution < -0.4 is 5.32 Å². The second kappa shape index (κ2) is 7.42. The van der Waals surface area contributed by atoms with Gasteiger partial charge >= 0.3 is 0 Å². The molecule has 1 aromatic carbocycles. The van der Waals surface area contributed by atoms with Gasteiger partial charge in [-0.05, 0) is 20.3 Å². The van der Waals surface area contributed by atoms with E-state index in [0.717, 1.165) is 35.4 Å². The first-order valence-corrected chi connectivity index (χ1v) is 8.65. The molecule has 1 amide bonds. The van der Waals surface area contributed by atoms with Gasteiger partial charge < -0.3 is 5.32 Å². The lowest BCUT2D eigenvalue weighted by molar-refractivity contribution is -0.120. The molecule has 1 N–H and O–H groups in total. The van der Waals surface area contributed by atoms with E-state index in [0.29, 0.717) is 24.6 Å². The van der Waals surface area contributed by atoms with Crippen LogP contribution in [0.25, 0.3) is 17.2 Å². The van der Waals surface area contributed by atoms with Gasteiger partial charge in [-0.1, -0.05) is 43.7 Å². The SMILES string of the molecule is CCCCNC(=O)Cc1c(C)nc2nc(-c3ccccc3)nn2c1C. The van der Waals surface area contributed by atoms with E-state index in [1.54, 1.807) is 4.52 Å². The molecule has 0 fully saturated rings. The van der Waals surface area contributed by atoms with Crippen molar-refractivity contribution < 1.29 is 4.79 Å². The summed E-state index contributed by atoms with van der Waals surface area (Å²) < 4.78 is 1.73. The van der Waals surface area contributed by atoms with Crippen molar-refractivity contribution in [3.63, 3.8) is 0 Å². The van der Waals surface area contributed by atoms with E-state index in [4.69, 9.17) is 0 Å². The second-order valence-corrected chi connectivity index (χ2v) is 6.15. The van der Waals surface area contributed by atoms with Gasteiger partial charge in [-0.25, -0.2) is 9.50 Å². The van der Waals surface area contributed by atoms with Crippen LogP contribution in [-0.2, 0) is 11.2 Å². The molecule has 0 radical (unpaired) electrons. The monoisotopic (exact) mass is 337 g/mol. The largest absolute Gasteiger partial charge is 0.356 e. The number of nitrogens with one attached hydrogen (secondary N) is 1. The fourth-order valence-electron chi connectivity index (χ4n) is 2.80. The minimum absolute atomic E-state index is 0.0178. The summed E-state index contributed by atoms with van der Waals surface area (Å²) in [4.78, 5) is 21.2. The van der Waals surface area contributed by atoms with Crippen LogP contribution in [-0.4, -0.2) is 32.0 Å². The average molecular weight is 337 g/mol. The Labute approximate surface area is 147 Å². The molecule has 0 saturated heterocycles. The van der Waals surface area contributed by atoms with Crippen molar-refractivity contribution in [3.8, 4) is 11.4 Å². The second-order valence-electron chi connectivity index (χ2n) is 6.15. The number of benzene rings is 1. The number of nitrogens with zero attached hydrogens (tertiary/aromatic N) is 4. The summed E-state index contributed by atoms with van der Waals surface area (Å²) in [6, 6.07) is 9.82. The van der Waals surface area contributed by atoms with Gasteiger partial charge in [0.05, 0.1) is 6.42 Å². The number of hydrogen-bond donors (Lipinski definition) is 1. The molecule has 2 heterocycles. The number of fused-ring (bicyclic) bond motifs is 1. The predicted molar refractivity (Wildman–Crippen MR) is 97.3 cm³/mol. The molecule has 6 nitrogen and oxygen atoms in total. The van der Waals surface area contributed by atoms with Gasteiger partial charge in [0.2, 0.25) is 5.91 Å². The normalized spacial score (nSPS) is 11.0. The molecule has 0 bridgehead atoms. The third kappa shape index (κ3) is 3.68. The van der Waals surface area contributed by atoms with Crippen molar-refractivity contribution in [1.82, 2.24) is 24.9 Å². The molecule has 0 saturated carbocycles. The molecule has 0 unspecified atom stereocenters. The molecule has 0 aliphatic heterocycles. The molecule has 0 aliphatic rings. The zero-order valence-corrected chi connectivity index (χ0v) is 14.9.